The maximum atomic E-state index is 9.89. The van der Waals surface area contributed by atoms with Gasteiger partial charge in [-0.3, -0.25) is 4.99 Å². The number of phenols is 2. The molecule has 3 nitrogen and oxygen atoms in total. The Morgan fingerprint density at radius 1 is 0.792 bits per heavy atom. The molecule has 128 valence electrons. The third kappa shape index (κ3) is 4.38. The van der Waals surface area contributed by atoms with Gasteiger partial charge in [-0.25, -0.2) is 0 Å². The lowest BCUT2D eigenvalue weighted by Gasteiger charge is -2.25. The van der Waals surface area contributed by atoms with E-state index in [1.54, 1.807) is 12.3 Å². The Kier molecular flexibility index (Phi) is 4.75. The van der Waals surface area contributed by atoms with Crippen LogP contribution in [0.4, 0.5) is 5.69 Å². The molecule has 0 radical (unpaired) electrons. The Morgan fingerprint density at radius 2 is 1.33 bits per heavy atom. The van der Waals surface area contributed by atoms with Gasteiger partial charge >= 0.3 is 0 Å². The van der Waals surface area contributed by atoms with Crippen LogP contribution in [0.2, 0.25) is 0 Å². The van der Waals surface area contributed by atoms with Crippen LogP contribution < -0.4 is 0 Å². The highest BCUT2D eigenvalue weighted by atomic mass is 16.3. The van der Waals surface area contributed by atoms with Crippen molar-refractivity contribution in [1.82, 2.24) is 0 Å². The number of hydrogen-bond acceptors (Lipinski definition) is 3. The zero-order valence-electron chi connectivity index (χ0n) is 15.4. The summed E-state index contributed by atoms with van der Waals surface area (Å²) in [5, 5.41) is 19.3. The first-order valence-electron chi connectivity index (χ1n) is 8.19. The number of phenolic OH excluding ortho intramolecular Hbond substituents is 2. The van der Waals surface area contributed by atoms with E-state index in [2.05, 4.69) is 64.7 Å². The second kappa shape index (κ2) is 6.31. The van der Waals surface area contributed by atoms with Crippen LogP contribution in [-0.4, -0.2) is 16.4 Å². The molecular formula is C21H27NO2. The Hall–Kier alpha value is -2.29. The van der Waals surface area contributed by atoms with Crippen LogP contribution in [0.3, 0.4) is 0 Å². The highest BCUT2D eigenvalue weighted by molar-refractivity contribution is 5.85. The van der Waals surface area contributed by atoms with Gasteiger partial charge in [-0.1, -0.05) is 47.6 Å². The van der Waals surface area contributed by atoms with Crippen LogP contribution in [-0.2, 0) is 10.8 Å². The fraction of sp³-hybridized carbons (Fsp3) is 0.381. The van der Waals surface area contributed by atoms with Gasteiger partial charge < -0.3 is 10.2 Å². The maximum absolute atomic E-state index is 9.89. The quantitative estimate of drug-likeness (QED) is 0.722. The van der Waals surface area contributed by atoms with Crippen LogP contribution in [0.25, 0.3) is 0 Å². The van der Waals surface area contributed by atoms with Crippen LogP contribution in [0.15, 0.2) is 41.4 Å². The van der Waals surface area contributed by atoms with Gasteiger partial charge in [-0.05, 0) is 46.2 Å². The number of nitrogens with zero attached hydrogens (tertiary/aromatic N) is 1. The van der Waals surface area contributed by atoms with E-state index in [0.29, 0.717) is 5.56 Å². The van der Waals surface area contributed by atoms with Gasteiger partial charge in [0.1, 0.15) is 11.5 Å². The van der Waals surface area contributed by atoms with Gasteiger partial charge in [0.15, 0.2) is 0 Å². The number of rotatable bonds is 2. The molecule has 0 aliphatic carbocycles. The summed E-state index contributed by atoms with van der Waals surface area (Å²) in [5.74, 6) is 0.0520. The van der Waals surface area contributed by atoms with Gasteiger partial charge in [-0.15, -0.1) is 0 Å². The van der Waals surface area contributed by atoms with Crippen LogP contribution in [0.1, 0.15) is 58.2 Å². The average Bonchev–Trinajstić information content (AvgIpc) is 2.44. The maximum Gasteiger partial charge on any atom is 0.128 e. The summed E-state index contributed by atoms with van der Waals surface area (Å²) in [6.45, 7) is 13.1. The number of benzene rings is 2. The first-order valence-corrected chi connectivity index (χ1v) is 8.19. The molecule has 0 fully saturated rings. The summed E-state index contributed by atoms with van der Waals surface area (Å²) in [7, 11) is 0. The highest BCUT2D eigenvalue weighted by Crippen LogP contribution is 2.33. The molecule has 0 saturated heterocycles. The highest BCUT2D eigenvalue weighted by Gasteiger charge is 2.20. The van der Waals surface area contributed by atoms with E-state index in [1.165, 1.54) is 23.3 Å². The molecule has 0 saturated carbocycles. The molecule has 0 unspecified atom stereocenters. The van der Waals surface area contributed by atoms with E-state index in [1.807, 2.05) is 0 Å². The molecule has 2 aromatic carbocycles. The molecular weight excluding hydrogens is 298 g/mol. The number of hydrogen-bond donors (Lipinski definition) is 2. The van der Waals surface area contributed by atoms with Crippen LogP contribution in [0, 0.1) is 0 Å². The van der Waals surface area contributed by atoms with Gasteiger partial charge in [-0.2, -0.15) is 0 Å². The van der Waals surface area contributed by atoms with E-state index in [-0.39, 0.29) is 22.3 Å². The second-order valence-electron chi connectivity index (χ2n) is 8.27. The van der Waals surface area contributed by atoms with Crippen LogP contribution >= 0.6 is 0 Å². The molecule has 0 bridgehead atoms. The molecule has 24 heavy (non-hydrogen) atoms. The number of aromatic hydroxyl groups is 2. The second-order valence-corrected chi connectivity index (χ2v) is 8.27. The molecule has 0 amide bonds. The lowest BCUT2D eigenvalue weighted by molar-refractivity contribution is 0.450. The van der Waals surface area contributed by atoms with Gasteiger partial charge in [0.25, 0.3) is 0 Å². The van der Waals surface area contributed by atoms with E-state index < -0.39 is 0 Å². The molecule has 3 heteroatoms. The summed E-state index contributed by atoms with van der Waals surface area (Å²) in [6.07, 6.45) is 1.63. The van der Waals surface area contributed by atoms with Crippen molar-refractivity contribution in [3.05, 3.63) is 53.1 Å². The SMILES string of the molecule is CC(C)(C)c1cc(N=Cc2ccc(O)cc2O)cc(C(C)(C)C)c1. The van der Waals surface area contributed by atoms with Gasteiger partial charge in [0.2, 0.25) is 0 Å². The Labute approximate surface area is 144 Å². The van der Waals surface area contributed by atoms with Crippen molar-refractivity contribution in [3.8, 4) is 11.5 Å². The summed E-state index contributed by atoms with van der Waals surface area (Å²) in [4.78, 5) is 4.55. The largest absolute Gasteiger partial charge is 0.508 e. The molecule has 0 aliphatic heterocycles. The third-order valence-corrected chi connectivity index (χ3v) is 4.02. The molecule has 0 heterocycles. The zero-order valence-corrected chi connectivity index (χ0v) is 15.4. The van der Waals surface area contributed by atoms with Crippen molar-refractivity contribution in [2.75, 3.05) is 0 Å². The minimum absolute atomic E-state index is 0.0155. The summed E-state index contributed by atoms with van der Waals surface area (Å²) in [6, 6.07) is 10.9. The minimum Gasteiger partial charge on any atom is -0.508 e. The fourth-order valence-corrected chi connectivity index (χ4v) is 2.34. The topological polar surface area (TPSA) is 52.8 Å². The van der Waals surface area contributed by atoms with Gasteiger partial charge in [0, 0.05) is 17.8 Å². The number of aliphatic imine (C=N–C) groups is 1. The molecule has 2 N–H and O–H groups in total. The zero-order chi connectivity index (χ0) is 18.1. The molecule has 2 rings (SSSR count). The van der Waals surface area contributed by atoms with E-state index in [9.17, 15) is 10.2 Å². The van der Waals surface area contributed by atoms with Crippen molar-refractivity contribution in [1.29, 1.82) is 0 Å². The first kappa shape index (κ1) is 18.1. The van der Waals surface area contributed by atoms with Crippen molar-refractivity contribution in [2.24, 2.45) is 4.99 Å². The molecule has 0 aromatic heterocycles. The van der Waals surface area contributed by atoms with E-state index in [4.69, 9.17) is 0 Å². The normalized spacial score (nSPS) is 12.8. The van der Waals surface area contributed by atoms with Crippen molar-refractivity contribution in [2.45, 2.75) is 52.4 Å². The molecule has 0 spiro atoms. The average molecular weight is 325 g/mol. The predicted octanol–water partition coefficient (Wildman–Crippen LogP) is 5.44. The van der Waals surface area contributed by atoms with Gasteiger partial charge in [0.05, 0.1) is 5.69 Å². The lowest BCUT2D eigenvalue weighted by atomic mass is 9.80. The van der Waals surface area contributed by atoms with Crippen molar-refractivity contribution in [3.63, 3.8) is 0 Å². The van der Waals surface area contributed by atoms with E-state index >= 15 is 0 Å². The van der Waals surface area contributed by atoms with Crippen molar-refractivity contribution < 1.29 is 10.2 Å². The van der Waals surface area contributed by atoms with Crippen molar-refractivity contribution >= 4 is 11.9 Å². The van der Waals surface area contributed by atoms with Crippen LogP contribution in [0.5, 0.6) is 11.5 Å². The monoisotopic (exact) mass is 325 g/mol. The Balaban J connectivity index is 2.47. The van der Waals surface area contributed by atoms with E-state index in [0.717, 1.165) is 5.69 Å². The molecule has 0 aliphatic rings. The Bertz CT molecular complexity index is 730. The molecule has 2 aromatic rings. The third-order valence-electron chi connectivity index (χ3n) is 4.02. The Morgan fingerprint density at radius 3 is 1.79 bits per heavy atom. The smallest absolute Gasteiger partial charge is 0.128 e. The minimum atomic E-state index is 0.0155. The first-order chi connectivity index (χ1) is 11.0. The standard InChI is InChI=1S/C21H27NO2/c1-20(2,3)15-9-16(21(4,5)6)11-17(10-15)22-13-14-7-8-18(23)12-19(14)24/h7-13,23-24H,1-6H3. The lowest BCUT2D eigenvalue weighted by Crippen LogP contribution is -2.16. The fourth-order valence-electron chi connectivity index (χ4n) is 2.34. The predicted molar refractivity (Wildman–Crippen MR) is 101 cm³/mol. The molecule has 0 atom stereocenters. The summed E-state index contributed by atoms with van der Waals surface area (Å²) >= 11 is 0. The summed E-state index contributed by atoms with van der Waals surface area (Å²) < 4.78 is 0. The summed E-state index contributed by atoms with van der Waals surface area (Å²) in [5.41, 5.74) is 3.97.